The number of likely N-dealkylation sites (tertiary alicyclic amines) is 1. The van der Waals surface area contributed by atoms with E-state index in [9.17, 15) is 28.0 Å². The number of para-hydroxylation sites is 1. The first-order valence-electron chi connectivity index (χ1n) is 9.13. The maximum atomic E-state index is 13.5. The van der Waals surface area contributed by atoms with Gasteiger partial charge >= 0.3 is 5.97 Å². The molecule has 3 amide bonds. The van der Waals surface area contributed by atoms with Crippen molar-refractivity contribution in [1.82, 2.24) is 4.90 Å². The number of carbonyl (C=O) groups is 4. The van der Waals surface area contributed by atoms with Crippen molar-refractivity contribution in [2.75, 3.05) is 18.5 Å². The molecule has 1 N–H and O–H groups in total. The predicted octanol–water partition coefficient (Wildman–Crippen LogP) is 2.01. The maximum Gasteiger partial charge on any atom is 0.308 e. The number of anilines is 1. The van der Waals surface area contributed by atoms with E-state index in [0.717, 1.165) is 35.9 Å². The first-order valence-corrected chi connectivity index (χ1v) is 9.13. The summed E-state index contributed by atoms with van der Waals surface area (Å²) < 4.78 is 31.7. The molecule has 2 atom stereocenters. The molecule has 2 aliphatic rings. The second-order valence-electron chi connectivity index (χ2n) is 6.88. The Morgan fingerprint density at radius 2 is 1.64 bits per heavy atom. The number of rotatable bonds is 6. The van der Waals surface area contributed by atoms with Crippen LogP contribution in [0.15, 0.2) is 18.2 Å². The van der Waals surface area contributed by atoms with Crippen molar-refractivity contribution in [3.05, 3.63) is 29.8 Å². The van der Waals surface area contributed by atoms with Gasteiger partial charge in [-0.1, -0.05) is 18.9 Å². The van der Waals surface area contributed by atoms with Gasteiger partial charge in [-0.05, 0) is 25.0 Å². The van der Waals surface area contributed by atoms with Crippen molar-refractivity contribution in [2.45, 2.75) is 32.1 Å². The molecule has 1 aliphatic carbocycles. The number of benzene rings is 1. The maximum absolute atomic E-state index is 13.5. The standard InChI is InChI=1S/C19H20F2N2O5/c20-13-6-3-7-14(21)17(13)22-15(24)10-28-16(25)8-9-23-18(26)11-4-1-2-5-12(11)19(23)27/h3,6-7,11-12H,1-2,4-5,8-10H2,(H,22,24)/t11-,12-/m1/s1. The summed E-state index contributed by atoms with van der Waals surface area (Å²) in [6.45, 7) is -0.840. The Labute approximate surface area is 160 Å². The predicted molar refractivity (Wildman–Crippen MR) is 92.7 cm³/mol. The van der Waals surface area contributed by atoms with Gasteiger partial charge in [0.15, 0.2) is 6.61 Å². The van der Waals surface area contributed by atoms with Crippen LogP contribution in [-0.2, 0) is 23.9 Å². The quantitative estimate of drug-likeness (QED) is 0.589. The molecule has 9 heteroatoms. The van der Waals surface area contributed by atoms with E-state index in [1.54, 1.807) is 0 Å². The highest BCUT2D eigenvalue weighted by Crippen LogP contribution is 2.37. The molecule has 1 saturated heterocycles. The molecule has 0 unspecified atom stereocenters. The van der Waals surface area contributed by atoms with Gasteiger partial charge in [-0.3, -0.25) is 24.1 Å². The summed E-state index contributed by atoms with van der Waals surface area (Å²) in [7, 11) is 0. The van der Waals surface area contributed by atoms with E-state index in [-0.39, 0.29) is 36.6 Å². The number of ether oxygens (including phenoxy) is 1. The van der Waals surface area contributed by atoms with Crippen LogP contribution in [0.2, 0.25) is 0 Å². The van der Waals surface area contributed by atoms with Gasteiger partial charge < -0.3 is 10.1 Å². The Morgan fingerprint density at radius 1 is 1.07 bits per heavy atom. The number of halogens is 2. The molecule has 1 heterocycles. The number of esters is 1. The molecule has 1 aliphatic heterocycles. The fourth-order valence-electron chi connectivity index (χ4n) is 3.67. The number of imide groups is 1. The van der Waals surface area contributed by atoms with Crippen molar-refractivity contribution < 1.29 is 32.7 Å². The Bertz CT molecular complexity index is 769. The number of nitrogens with zero attached hydrogens (tertiary/aromatic N) is 1. The highest BCUT2D eigenvalue weighted by molar-refractivity contribution is 6.05. The normalized spacial score (nSPS) is 21.4. The topological polar surface area (TPSA) is 92.8 Å². The molecular formula is C19H20F2N2O5. The lowest BCUT2D eigenvalue weighted by Gasteiger charge is -2.19. The van der Waals surface area contributed by atoms with Gasteiger partial charge in [0.25, 0.3) is 5.91 Å². The highest BCUT2D eigenvalue weighted by atomic mass is 19.1. The van der Waals surface area contributed by atoms with Gasteiger partial charge in [0.1, 0.15) is 17.3 Å². The van der Waals surface area contributed by atoms with Gasteiger partial charge in [-0.2, -0.15) is 0 Å². The van der Waals surface area contributed by atoms with E-state index >= 15 is 0 Å². The van der Waals surface area contributed by atoms with Crippen LogP contribution < -0.4 is 5.32 Å². The van der Waals surface area contributed by atoms with E-state index in [1.165, 1.54) is 0 Å². The summed E-state index contributed by atoms with van der Waals surface area (Å²) >= 11 is 0. The largest absolute Gasteiger partial charge is 0.456 e. The van der Waals surface area contributed by atoms with E-state index in [4.69, 9.17) is 4.74 Å². The zero-order valence-corrected chi connectivity index (χ0v) is 15.1. The van der Waals surface area contributed by atoms with Crippen molar-refractivity contribution in [3.63, 3.8) is 0 Å². The summed E-state index contributed by atoms with van der Waals surface area (Å²) in [5.74, 6) is -4.70. The first kappa shape index (κ1) is 19.9. The Kier molecular flexibility index (Phi) is 6.01. The Balaban J connectivity index is 1.45. The molecule has 28 heavy (non-hydrogen) atoms. The number of fused-ring (bicyclic) bond motifs is 1. The summed E-state index contributed by atoms with van der Waals surface area (Å²) in [6.07, 6.45) is 2.94. The van der Waals surface area contributed by atoms with Crippen molar-refractivity contribution in [1.29, 1.82) is 0 Å². The van der Waals surface area contributed by atoms with E-state index in [1.807, 2.05) is 5.32 Å². The number of nitrogens with one attached hydrogen (secondary N) is 1. The smallest absolute Gasteiger partial charge is 0.308 e. The van der Waals surface area contributed by atoms with E-state index in [0.29, 0.717) is 12.8 Å². The molecule has 1 aromatic carbocycles. The van der Waals surface area contributed by atoms with Crippen LogP contribution in [0.25, 0.3) is 0 Å². The van der Waals surface area contributed by atoms with Gasteiger partial charge in [-0.25, -0.2) is 8.78 Å². The molecule has 0 aromatic heterocycles. The minimum absolute atomic E-state index is 0.104. The first-order chi connectivity index (χ1) is 13.4. The highest BCUT2D eigenvalue weighted by Gasteiger charge is 2.47. The van der Waals surface area contributed by atoms with Crippen LogP contribution in [0, 0.1) is 23.5 Å². The zero-order chi connectivity index (χ0) is 20.3. The Morgan fingerprint density at radius 3 is 2.21 bits per heavy atom. The third-order valence-electron chi connectivity index (χ3n) is 5.06. The van der Waals surface area contributed by atoms with Crippen molar-refractivity contribution in [3.8, 4) is 0 Å². The summed E-state index contributed by atoms with van der Waals surface area (Å²) in [5.41, 5.74) is -0.626. The van der Waals surface area contributed by atoms with Crippen molar-refractivity contribution >= 4 is 29.4 Å². The second kappa shape index (κ2) is 8.45. The molecule has 1 aromatic rings. The average molecular weight is 394 g/mol. The van der Waals surface area contributed by atoms with Gasteiger partial charge in [0.2, 0.25) is 11.8 Å². The third-order valence-corrected chi connectivity index (χ3v) is 5.06. The zero-order valence-electron chi connectivity index (χ0n) is 15.1. The fourth-order valence-corrected chi connectivity index (χ4v) is 3.67. The Hall–Kier alpha value is -2.84. The number of carbonyl (C=O) groups excluding carboxylic acids is 4. The lowest BCUT2D eigenvalue weighted by molar-refractivity contribution is -0.148. The minimum atomic E-state index is -0.952. The molecule has 2 fully saturated rings. The van der Waals surface area contributed by atoms with Crippen LogP contribution in [-0.4, -0.2) is 41.7 Å². The van der Waals surface area contributed by atoms with Crippen LogP contribution in [0.5, 0.6) is 0 Å². The molecule has 3 rings (SSSR count). The molecule has 0 spiro atoms. The molecule has 0 radical (unpaired) electrons. The van der Waals surface area contributed by atoms with Gasteiger partial charge in [0, 0.05) is 6.54 Å². The summed E-state index contributed by atoms with van der Waals surface area (Å²) in [6, 6.07) is 3.11. The molecule has 150 valence electrons. The number of hydrogen-bond donors (Lipinski definition) is 1. The lowest BCUT2D eigenvalue weighted by atomic mass is 9.81. The van der Waals surface area contributed by atoms with E-state index < -0.39 is 35.8 Å². The van der Waals surface area contributed by atoms with Crippen LogP contribution in [0.4, 0.5) is 14.5 Å². The minimum Gasteiger partial charge on any atom is -0.456 e. The number of hydrogen-bond acceptors (Lipinski definition) is 5. The average Bonchev–Trinajstić information content (AvgIpc) is 2.92. The van der Waals surface area contributed by atoms with Crippen LogP contribution >= 0.6 is 0 Å². The SMILES string of the molecule is O=C(COC(=O)CCN1C(=O)[C@@H]2CCCC[C@H]2C1=O)Nc1c(F)cccc1F. The van der Waals surface area contributed by atoms with E-state index in [2.05, 4.69) is 0 Å². The van der Waals surface area contributed by atoms with Gasteiger partial charge in [0.05, 0.1) is 18.3 Å². The molecular weight excluding hydrogens is 374 g/mol. The molecule has 7 nitrogen and oxygen atoms in total. The van der Waals surface area contributed by atoms with Crippen LogP contribution in [0.3, 0.4) is 0 Å². The summed E-state index contributed by atoms with van der Waals surface area (Å²) in [4.78, 5) is 49.3. The van der Waals surface area contributed by atoms with Gasteiger partial charge in [-0.15, -0.1) is 0 Å². The monoisotopic (exact) mass is 394 g/mol. The van der Waals surface area contributed by atoms with Crippen LogP contribution in [0.1, 0.15) is 32.1 Å². The number of amides is 3. The third kappa shape index (κ3) is 4.18. The lowest BCUT2D eigenvalue weighted by Crippen LogP contribution is -2.33. The molecule has 1 saturated carbocycles. The van der Waals surface area contributed by atoms with Crippen molar-refractivity contribution in [2.24, 2.45) is 11.8 Å². The summed E-state index contributed by atoms with van der Waals surface area (Å²) in [5, 5.41) is 1.99. The second-order valence-corrected chi connectivity index (χ2v) is 6.88. The fraction of sp³-hybridized carbons (Fsp3) is 0.474. The molecule has 0 bridgehead atoms.